The van der Waals surface area contributed by atoms with E-state index in [1.807, 2.05) is 44.2 Å². The van der Waals surface area contributed by atoms with Gasteiger partial charge < -0.3 is 9.47 Å². The minimum atomic E-state index is -0.574. The molecule has 0 aliphatic rings. The quantitative estimate of drug-likeness (QED) is 0.107. The van der Waals surface area contributed by atoms with Crippen LogP contribution in [0.15, 0.2) is 30.3 Å². The molecule has 1 rings (SSSR count). The van der Waals surface area contributed by atoms with Gasteiger partial charge in [-0.25, -0.2) is 0 Å². The minimum absolute atomic E-state index is 0.0508. The molecule has 0 heterocycles. The molecule has 1 unspecified atom stereocenters. The number of hydrogen-bond donors (Lipinski definition) is 0. The van der Waals surface area contributed by atoms with E-state index in [0.717, 1.165) is 31.2 Å². The number of benzene rings is 1. The van der Waals surface area contributed by atoms with Gasteiger partial charge in [-0.15, -0.1) is 0 Å². The molecule has 0 bridgehead atoms. The monoisotopic (exact) mass is 516 g/mol. The zero-order chi connectivity index (χ0) is 27.2. The number of unbranched alkanes of at least 4 members (excludes halogenated alkanes) is 14. The van der Waals surface area contributed by atoms with Crippen LogP contribution in [0.2, 0.25) is 0 Å². The van der Waals surface area contributed by atoms with Crippen molar-refractivity contribution in [2.24, 2.45) is 5.92 Å². The van der Waals surface area contributed by atoms with E-state index in [1.165, 1.54) is 77.0 Å². The van der Waals surface area contributed by atoms with E-state index in [-0.39, 0.29) is 18.4 Å². The van der Waals surface area contributed by atoms with E-state index in [1.54, 1.807) is 0 Å². The minimum Gasteiger partial charge on any atom is -0.466 e. The zero-order valence-corrected chi connectivity index (χ0v) is 24.5. The molecular weight excluding hydrogens is 460 g/mol. The molecule has 0 aliphatic heterocycles. The van der Waals surface area contributed by atoms with Crippen LogP contribution in [0.1, 0.15) is 142 Å². The van der Waals surface area contributed by atoms with Crippen molar-refractivity contribution in [3.63, 3.8) is 0 Å². The van der Waals surface area contributed by atoms with Crippen LogP contribution in [-0.2, 0) is 24.5 Å². The summed E-state index contributed by atoms with van der Waals surface area (Å²) in [5.74, 6) is -1.17. The van der Waals surface area contributed by atoms with Crippen molar-refractivity contribution in [3.05, 3.63) is 35.9 Å². The van der Waals surface area contributed by atoms with Crippen LogP contribution in [0.4, 0.5) is 0 Å². The van der Waals surface area contributed by atoms with E-state index in [2.05, 4.69) is 13.8 Å². The third-order valence-electron chi connectivity index (χ3n) is 7.55. The van der Waals surface area contributed by atoms with Gasteiger partial charge in [0.15, 0.2) is 0 Å². The summed E-state index contributed by atoms with van der Waals surface area (Å²) >= 11 is 0. The summed E-state index contributed by atoms with van der Waals surface area (Å²) in [6.07, 6.45) is 19.3. The number of carbonyl (C=O) groups excluding carboxylic acids is 2. The Labute approximate surface area is 228 Å². The third-order valence-corrected chi connectivity index (χ3v) is 7.55. The van der Waals surface area contributed by atoms with Gasteiger partial charge in [0, 0.05) is 5.41 Å². The summed E-state index contributed by atoms with van der Waals surface area (Å²) in [6, 6.07) is 9.95. The number of esters is 2. The Morgan fingerprint density at radius 1 is 0.649 bits per heavy atom. The number of ether oxygens (including phenoxy) is 2. The Morgan fingerprint density at radius 2 is 1.08 bits per heavy atom. The second kappa shape index (κ2) is 21.1. The van der Waals surface area contributed by atoms with Crippen LogP contribution in [-0.4, -0.2) is 25.2 Å². The molecule has 0 fully saturated rings. The smallest absolute Gasteiger partial charge is 0.310 e. The van der Waals surface area contributed by atoms with Gasteiger partial charge in [0.1, 0.15) is 0 Å². The Morgan fingerprint density at radius 3 is 1.57 bits per heavy atom. The highest BCUT2D eigenvalue weighted by atomic mass is 16.5. The lowest BCUT2D eigenvalue weighted by Crippen LogP contribution is -2.38. The SMILES string of the molecule is CCCCCCCCCCOC(=O)CC(C(=O)OCCCCCCCCCC)C(C)(C)c1ccccc1. The second-order valence-electron chi connectivity index (χ2n) is 11.2. The zero-order valence-electron chi connectivity index (χ0n) is 24.5. The van der Waals surface area contributed by atoms with Crippen LogP contribution in [0.3, 0.4) is 0 Å². The Hall–Kier alpha value is -1.84. The maximum absolute atomic E-state index is 13.2. The normalized spacial score (nSPS) is 12.3. The molecule has 4 heteroatoms. The van der Waals surface area contributed by atoms with Crippen molar-refractivity contribution in [1.82, 2.24) is 0 Å². The molecule has 0 saturated heterocycles. The Bertz CT molecular complexity index is 698. The van der Waals surface area contributed by atoms with Crippen LogP contribution < -0.4 is 0 Å². The molecule has 0 spiro atoms. The molecule has 0 saturated carbocycles. The van der Waals surface area contributed by atoms with Gasteiger partial charge >= 0.3 is 11.9 Å². The van der Waals surface area contributed by atoms with Crippen molar-refractivity contribution in [2.75, 3.05) is 13.2 Å². The van der Waals surface area contributed by atoms with Crippen molar-refractivity contribution >= 4 is 11.9 Å². The van der Waals surface area contributed by atoms with Crippen LogP contribution in [0.5, 0.6) is 0 Å². The number of hydrogen-bond acceptors (Lipinski definition) is 4. The summed E-state index contributed by atoms with van der Waals surface area (Å²) in [5.41, 5.74) is 0.495. The van der Waals surface area contributed by atoms with Gasteiger partial charge in [0.05, 0.1) is 25.6 Å². The average molecular weight is 517 g/mol. The highest BCUT2D eigenvalue weighted by Crippen LogP contribution is 2.35. The lowest BCUT2D eigenvalue weighted by atomic mass is 9.72. The molecule has 1 atom stereocenters. The number of carbonyl (C=O) groups is 2. The molecule has 4 nitrogen and oxygen atoms in total. The van der Waals surface area contributed by atoms with Gasteiger partial charge in [0.2, 0.25) is 0 Å². The molecule has 1 aromatic carbocycles. The van der Waals surface area contributed by atoms with E-state index in [4.69, 9.17) is 9.47 Å². The van der Waals surface area contributed by atoms with Crippen molar-refractivity contribution in [1.29, 1.82) is 0 Å². The fourth-order valence-electron chi connectivity index (χ4n) is 4.86. The lowest BCUT2D eigenvalue weighted by molar-refractivity contribution is -0.157. The molecule has 0 amide bonds. The maximum atomic E-state index is 13.2. The number of rotatable bonds is 23. The Kier molecular flexibility index (Phi) is 19.0. The van der Waals surface area contributed by atoms with E-state index in [0.29, 0.717) is 13.2 Å². The molecule has 0 N–H and O–H groups in total. The molecule has 0 aliphatic carbocycles. The first kappa shape index (κ1) is 33.2. The topological polar surface area (TPSA) is 52.6 Å². The summed E-state index contributed by atoms with van der Waals surface area (Å²) in [5, 5.41) is 0. The van der Waals surface area contributed by atoms with Crippen LogP contribution in [0, 0.1) is 5.92 Å². The van der Waals surface area contributed by atoms with Gasteiger partial charge in [-0.1, -0.05) is 148 Å². The standard InChI is InChI=1S/C33H56O4/c1-5-7-9-11-13-15-17-22-26-36-31(34)28-30(33(3,4)29-24-20-19-21-25-29)32(35)37-27-23-18-16-14-12-10-8-6-2/h19-21,24-25,30H,5-18,22-23,26-28H2,1-4H3. The molecular formula is C33H56O4. The van der Waals surface area contributed by atoms with Crippen molar-refractivity contribution in [2.45, 2.75) is 142 Å². The summed E-state index contributed by atoms with van der Waals surface area (Å²) < 4.78 is 11.3. The van der Waals surface area contributed by atoms with Crippen LogP contribution in [0.25, 0.3) is 0 Å². The van der Waals surface area contributed by atoms with Crippen molar-refractivity contribution in [3.8, 4) is 0 Å². The second-order valence-corrected chi connectivity index (χ2v) is 11.2. The predicted octanol–water partition coefficient (Wildman–Crippen LogP) is 9.34. The van der Waals surface area contributed by atoms with Gasteiger partial charge in [-0.05, 0) is 18.4 Å². The van der Waals surface area contributed by atoms with Crippen molar-refractivity contribution < 1.29 is 19.1 Å². The molecule has 212 valence electrons. The van der Waals surface area contributed by atoms with Crippen LogP contribution >= 0.6 is 0 Å². The van der Waals surface area contributed by atoms with E-state index >= 15 is 0 Å². The third kappa shape index (κ3) is 15.2. The summed E-state index contributed by atoms with van der Waals surface area (Å²) in [7, 11) is 0. The molecule has 0 aromatic heterocycles. The largest absolute Gasteiger partial charge is 0.466 e. The van der Waals surface area contributed by atoms with Gasteiger partial charge in [-0.2, -0.15) is 0 Å². The van der Waals surface area contributed by atoms with E-state index < -0.39 is 11.3 Å². The molecule has 1 aromatic rings. The maximum Gasteiger partial charge on any atom is 0.310 e. The highest BCUT2D eigenvalue weighted by Gasteiger charge is 2.39. The molecule has 37 heavy (non-hydrogen) atoms. The van der Waals surface area contributed by atoms with E-state index in [9.17, 15) is 9.59 Å². The average Bonchev–Trinajstić information content (AvgIpc) is 2.90. The Balaban J connectivity index is 2.50. The fraction of sp³-hybridized carbons (Fsp3) is 0.758. The lowest BCUT2D eigenvalue weighted by Gasteiger charge is -2.33. The summed E-state index contributed by atoms with van der Waals surface area (Å²) in [6.45, 7) is 9.36. The van der Waals surface area contributed by atoms with Gasteiger partial charge in [-0.3, -0.25) is 9.59 Å². The highest BCUT2D eigenvalue weighted by molar-refractivity contribution is 5.81. The first-order valence-electron chi connectivity index (χ1n) is 15.3. The first-order chi connectivity index (χ1) is 17.9. The summed E-state index contributed by atoms with van der Waals surface area (Å²) in [4.78, 5) is 25.9. The predicted molar refractivity (Wildman–Crippen MR) is 155 cm³/mol. The van der Waals surface area contributed by atoms with Gasteiger partial charge in [0.25, 0.3) is 0 Å². The molecule has 0 radical (unpaired) electrons. The fourth-order valence-corrected chi connectivity index (χ4v) is 4.86. The first-order valence-corrected chi connectivity index (χ1v) is 15.3.